The number of fused-ring (bicyclic) bond motifs is 1. The van der Waals surface area contributed by atoms with Crippen LogP contribution in [0.4, 0.5) is 0 Å². The van der Waals surface area contributed by atoms with Crippen LogP contribution in [-0.4, -0.2) is 16.8 Å². The fourth-order valence-electron chi connectivity index (χ4n) is 1.31. The van der Waals surface area contributed by atoms with Crippen LogP contribution >= 0.6 is 0 Å². The van der Waals surface area contributed by atoms with Crippen molar-refractivity contribution in [3.63, 3.8) is 0 Å². The van der Waals surface area contributed by atoms with Crippen LogP contribution in [0, 0.1) is 0 Å². The molecule has 2 aromatic rings. The summed E-state index contributed by atoms with van der Waals surface area (Å²) in [5.74, 6) is 0.873. The van der Waals surface area contributed by atoms with E-state index in [9.17, 15) is 5.11 Å². The zero-order valence-corrected chi connectivity index (χ0v) is 7.03. The van der Waals surface area contributed by atoms with Gasteiger partial charge < -0.3 is 15.4 Å². The third-order valence-electron chi connectivity index (χ3n) is 1.93. The van der Waals surface area contributed by atoms with Crippen molar-refractivity contribution in [2.24, 2.45) is 5.73 Å². The van der Waals surface area contributed by atoms with E-state index in [-0.39, 0.29) is 5.75 Å². The Balaban J connectivity index is 2.61. The molecule has 1 aromatic carbocycles. The molecule has 1 aromatic heterocycles. The van der Waals surface area contributed by atoms with Gasteiger partial charge in [-0.25, -0.2) is 0 Å². The van der Waals surface area contributed by atoms with Gasteiger partial charge in [0.1, 0.15) is 11.5 Å². The Morgan fingerprint density at radius 2 is 2.31 bits per heavy atom. The highest BCUT2D eigenvalue weighted by Gasteiger charge is 2.09. The molecule has 4 nitrogen and oxygen atoms in total. The van der Waals surface area contributed by atoms with Crippen LogP contribution < -0.4 is 5.73 Å². The summed E-state index contributed by atoms with van der Waals surface area (Å²) in [6, 6.07) is 5.20. The van der Waals surface area contributed by atoms with Gasteiger partial charge in [0.05, 0.1) is 0 Å². The first-order valence-electron chi connectivity index (χ1n) is 4.09. The van der Waals surface area contributed by atoms with Gasteiger partial charge in [-0.15, -0.1) is 0 Å². The van der Waals surface area contributed by atoms with Gasteiger partial charge in [0.15, 0.2) is 5.52 Å². The van der Waals surface area contributed by atoms with Crippen LogP contribution in [0.2, 0.25) is 0 Å². The molecule has 0 amide bonds. The number of aromatic nitrogens is 1. The van der Waals surface area contributed by atoms with Crippen molar-refractivity contribution < 1.29 is 9.63 Å². The third kappa shape index (κ3) is 1.25. The van der Waals surface area contributed by atoms with E-state index in [0.717, 1.165) is 11.1 Å². The molecule has 2 rings (SSSR count). The molecule has 0 radical (unpaired) electrons. The number of benzene rings is 1. The van der Waals surface area contributed by atoms with E-state index in [1.807, 2.05) is 6.07 Å². The normalized spacial score (nSPS) is 10.8. The maximum atomic E-state index is 9.40. The van der Waals surface area contributed by atoms with Crippen LogP contribution in [0.3, 0.4) is 0 Å². The van der Waals surface area contributed by atoms with Gasteiger partial charge in [0.2, 0.25) is 0 Å². The summed E-state index contributed by atoms with van der Waals surface area (Å²) in [7, 11) is 0. The molecule has 68 valence electrons. The van der Waals surface area contributed by atoms with Crippen molar-refractivity contribution in [2.45, 2.75) is 6.42 Å². The van der Waals surface area contributed by atoms with Crippen molar-refractivity contribution in [3.8, 4) is 5.75 Å². The van der Waals surface area contributed by atoms with Crippen LogP contribution in [0.1, 0.15) is 5.76 Å². The molecule has 4 heteroatoms. The van der Waals surface area contributed by atoms with Gasteiger partial charge in [-0.3, -0.25) is 0 Å². The maximum Gasteiger partial charge on any atom is 0.155 e. The van der Waals surface area contributed by atoms with Crippen LogP contribution in [0.25, 0.3) is 10.9 Å². The minimum absolute atomic E-state index is 0.143. The second-order valence-corrected chi connectivity index (χ2v) is 2.82. The molecule has 0 unspecified atom stereocenters. The van der Waals surface area contributed by atoms with Gasteiger partial charge in [-0.2, -0.15) is 0 Å². The fourth-order valence-corrected chi connectivity index (χ4v) is 1.31. The maximum absolute atomic E-state index is 9.40. The fraction of sp³-hybridized carbons (Fsp3) is 0.222. The molecule has 0 spiro atoms. The number of aromatic hydroxyl groups is 1. The number of hydrogen-bond donors (Lipinski definition) is 2. The van der Waals surface area contributed by atoms with Crippen LogP contribution in [-0.2, 0) is 6.42 Å². The lowest BCUT2D eigenvalue weighted by molar-refractivity contribution is 0.389. The Morgan fingerprint density at radius 1 is 1.46 bits per heavy atom. The summed E-state index contributed by atoms with van der Waals surface area (Å²) in [6.45, 7) is 0.514. The number of hydrogen-bond acceptors (Lipinski definition) is 4. The van der Waals surface area contributed by atoms with E-state index < -0.39 is 0 Å². The van der Waals surface area contributed by atoms with E-state index in [0.29, 0.717) is 18.5 Å². The SMILES string of the molecule is NCCc1onc2c(O)cccc12. The Morgan fingerprint density at radius 3 is 3.08 bits per heavy atom. The molecule has 0 fully saturated rings. The first kappa shape index (κ1) is 8.07. The van der Waals surface area contributed by atoms with E-state index >= 15 is 0 Å². The Labute approximate surface area is 74.9 Å². The average molecular weight is 178 g/mol. The molecule has 13 heavy (non-hydrogen) atoms. The molecule has 0 aliphatic rings. The van der Waals surface area contributed by atoms with Gasteiger partial charge >= 0.3 is 0 Å². The van der Waals surface area contributed by atoms with Crippen molar-refractivity contribution in [3.05, 3.63) is 24.0 Å². The van der Waals surface area contributed by atoms with Gasteiger partial charge in [0, 0.05) is 11.8 Å². The highest BCUT2D eigenvalue weighted by Crippen LogP contribution is 2.25. The molecule has 0 atom stereocenters. The molecule has 0 saturated carbocycles. The quantitative estimate of drug-likeness (QED) is 0.720. The lowest BCUT2D eigenvalue weighted by Crippen LogP contribution is -2.01. The van der Waals surface area contributed by atoms with E-state index in [1.54, 1.807) is 12.1 Å². The van der Waals surface area contributed by atoms with E-state index in [2.05, 4.69) is 5.16 Å². The topological polar surface area (TPSA) is 72.3 Å². The highest BCUT2D eigenvalue weighted by atomic mass is 16.5. The minimum Gasteiger partial charge on any atom is -0.506 e. The van der Waals surface area contributed by atoms with E-state index in [4.69, 9.17) is 10.3 Å². The Hall–Kier alpha value is -1.55. The van der Waals surface area contributed by atoms with Crippen LogP contribution in [0.15, 0.2) is 22.7 Å². The van der Waals surface area contributed by atoms with E-state index in [1.165, 1.54) is 0 Å². The second kappa shape index (κ2) is 3.06. The smallest absolute Gasteiger partial charge is 0.155 e. The van der Waals surface area contributed by atoms with Gasteiger partial charge in [-0.1, -0.05) is 11.2 Å². The zero-order valence-electron chi connectivity index (χ0n) is 7.03. The van der Waals surface area contributed by atoms with Crippen LogP contribution in [0.5, 0.6) is 5.75 Å². The molecular formula is C9H10N2O2. The Bertz CT molecular complexity index is 422. The van der Waals surface area contributed by atoms with Gasteiger partial charge in [-0.05, 0) is 18.7 Å². The molecule has 0 aliphatic carbocycles. The molecule has 0 aliphatic heterocycles. The number of nitrogens with zero attached hydrogens (tertiary/aromatic N) is 1. The molecule has 1 heterocycles. The highest BCUT2D eigenvalue weighted by molar-refractivity contribution is 5.85. The summed E-state index contributed by atoms with van der Waals surface area (Å²) in [5.41, 5.74) is 5.90. The summed E-state index contributed by atoms with van der Waals surface area (Å²) in [5, 5.41) is 14.0. The lowest BCUT2D eigenvalue weighted by atomic mass is 10.2. The van der Waals surface area contributed by atoms with Crippen molar-refractivity contribution in [1.29, 1.82) is 0 Å². The number of rotatable bonds is 2. The third-order valence-corrected chi connectivity index (χ3v) is 1.93. The summed E-state index contributed by atoms with van der Waals surface area (Å²) < 4.78 is 5.05. The minimum atomic E-state index is 0.143. The first-order valence-corrected chi connectivity index (χ1v) is 4.09. The average Bonchev–Trinajstić information content (AvgIpc) is 2.51. The number of phenolic OH excluding ortho intramolecular Hbond substituents is 1. The predicted octanol–water partition coefficient (Wildman–Crippen LogP) is 1.03. The Kier molecular flexibility index (Phi) is 1.90. The van der Waals surface area contributed by atoms with Gasteiger partial charge in [0.25, 0.3) is 0 Å². The lowest BCUT2D eigenvalue weighted by Gasteiger charge is -1.92. The first-order chi connectivity index (χ1) is 6.33. The molecule has 0 saturated heterocycles. The predicted molar refractivity (Wildman–Crippen MR) is 48.4 cm³/mol. The molecule has 0 bridgehead atoms. The van der Waals surface area contributed by atoms with Crippen molar-refractivity contribution in [2.75, 3.05) is 6.54 Å². The summed E-state index contributed by atoms with van der Waals surface area (Å²) in [6.07, 6.45) is 0.639. The summed E-state index contributed by atoms with van der Waals surface area (Å²) in [4.78, 5) is 0. The second-order valence-electron chi connectivity index (χ2n) is 2.82. The van der Waals surface area contributed by atoms with Crippen molar-refractivity contribution >= 4 is 10.9 Å². The summed E-state index contributed by atoms with van der Waals surface area (Å²) >= 11 is 0. The molecular weight excluding hydrogens is 168 g/mol. The zero-order chi connectivity index (χ0) is 9.26. The number of nitrogens with two attached hydrogens (primary N) is 1. The molecule has 3 N–H and O–H groups in total. The van der Waals surface area contributed by atoms with Crippen molar-refractivity contribution in [1.82, 2.24) is 5.16 Å². The monoisotopic (exact) mass is 178 g/mol. The number of phenols is 1. The largest absolute Gasteiger partial charge is 0.506 e. The standard InChI is InChI=1S/C9H10N2O2/c10-5-4-8-6-2-1-3-7(12)9(6)11-13-8/h1-3,12H,4-5,10H2.